The van der Waals surface area contributed by atoms with Crippen LogP contribution in [-0.4, -0.2) is 11.7 Å². The predicted molar refractivity (Wildman–Crippen MR) is 52.1 cm³/mol. The topological polar surface area (TPSA) is 20.2 Å². The zero-order chi connectivity index (χ0) is 8.81. The quantitative estimate of drug-likeness (QED) is 0.687. The van der Waals surface area contributed by atoms with E-state index in [1.165, 1.54) is 44.9 Å². The van der Waals surface area contributed by atoms with Gasteiger partial charge in [0.15, 0.2) is 0 Å². The molecular weight excluding hydrogens is 148 g/mol. The second-order valence-electron chi connectivity index (χ2n) is 4.37. The molecular formula is C11H22O. The van der Waals surface area contributed by atoms with E-state index in [-0.39, 0.29) is 0 Å². The Labute approximate surface area is 76.2 Å². The first-order valence-electron chi connectivity index (χ1n) is 5.43. The van der Waals surface area contributed by atoms with Crippen LogP contribution in [0.4, 0.5) is 0 Å². The van der Waals surface area contributed by atoms with E-state index in [0.717, 1.165) is 5.92 Å². The minimum absolute atomic E-state index is 0.368. The fourth-order valence-electron chi connectivity index (χ4n) is 2.09. The van der Waals surface area contributed by atoms with Crippen molar-refractivity contribution in [2.75, 3.05) is 6.61 Å². The summed E-state index contributed by atoms with van der Waals surface area (Å²) in [7, 11) is 0. The van der Waals surface area contributed by atoms with Crippen molar-refractivity contribution in [1.29, 1.82) is 0 Å². The van der Waals surface area contributed by atoms with Crippen molar-refractivity contribution < 1.29 is 5.11 Å². The molecule has 0 saturated heterocycles. The third kappa shape index (κ3) is 3.57. The van der Waals surface area contributed by atoms with Gasteiger partial charge in [-0.25, -0.2) is 0 Å². The molecule has 1 aliphatic rings. The van der Waals surface area contributed by atoms with Crippen molar-refractivity contribution in [1.82, 2.24) is 0 Å². The van der Waals surface area contributed by atoms with Crippen molar-refractivity contribution in [2.45, 2.75) is 51.9 Å². The first-order valence-corrected chi connectivity index (χ1v) is 5.43. The Morgan fingerprint density at radius 1 is 1.25 bits per heavy atom. The highest BCUT2D eigenvalue weighted by Crippen LogP contribution is 2.28. The summed E-state index contributed by atoms with van der Waals surface area (Å²) in [5, 5.41) is 8.86. The molecule has 1 aliphatic carbocycles. The standard InChI is InChI=1S/C11H22O/c1-10(9-12)7-8-11-5-3-2-4-6-11/h10-12H,2-9H2,1H3/t10-/m0/s1. The second kappa shape index (κ2) is 5.58. The highest BCUT2D eigenvalue weighted by atomic mass is 16.3. The molecule has 0 aromatic rings. The Morgan fingerprint density at radius 3 is 2.50 bits per heavy atom. The monoisotopic (exact) mass is 170 g/mol. The summed E-state index contributed by atoms with van der Waals surface area (Å²) in [6.45, 7) is 2.51. The fraction of sp³-hybridized carbons (Fsp3) is 1.00. The molecule has 1 fully saturated rings. The van der Waals surface area contributed by atoms with Gasteiger partial charge in [-0.1, -0.05) is 45.4 Å². The molecule has 0 aromatic heterocycles. The highest BCUT2D eigenvalue weighted by Gasteiger charge is 2.13. The Balaban J connectivity index is 2.05. The SMILES string of the molecule is C[C@H](CO)CCC1CCCCC1. The van der Waals surface area contributed by atoms with E-state index in [1.807, 2.05) is 0 Å². The third-order valence-electron chi connectivity index (χ3n) is 3.10. The molecule has 1 N–H and O–H groups in total. The van der Waals surface area contributed by atoms with E-state index in [0.29, 0.717) is 12.5 Å². The van der Waals surface area contributed by atoms with Gasteiger partial charge in [0.25, 0.3) is 0 Å². The van der Waals surface area contributed by atoms with Gasteiger partial charge in [-0.05, 0) is 18.3 Å². The summed E-state index contributed by atoms with van der Waals surface area (Å²) in [5.41, 5.74) is 0. The Morgan fingerprint density at radius 2 is 1.92 bits per heavy atom. The third-order valence-corrected chi connectivity index (χ3v) is 3.10. The molecule has 1 atom stereocenters. The van der Waals surface area contributed by atoms with Gasteiger partial charge in [-0.2, -0.15) is 0 Å². The van der Waals surface area contributed by atoms with Crippen LogP contribution < -0.4 is 0 Å². The van der Waals surface area contributed by atoms with Gasteiger partial charge < -0.3 is 5.11 Å². The van der Waals surface area contributed by atoms with Crippen LogP contribution >= 0.6 is 0 Å². The Kier molecular flexibility index (Phi) is 4.67. The van der Waals surface area contributed by atoms with E-state index in [2.05, 4.69) is 6.92 Å². The number of hydrogen-bond acceptors (Lipinski definition) is 1. The molecule has 0 heterocycles. The zero-order valence-corrected chi connectivity index (χ0v) is 8.26. The van der Waals surface area contributed by atoms with Gasteiger partial charge in [-0.3, -0.25) is 0 Å². The van der Waals surface area contributed by atoms with Crippen molar-refractivity contribution in [2.24, 2.45) is 11.8 Å². The molecule has 72 valence electrons. The van der Waals surface area contributed by atoms with Crippen LogP contribution in [0.15, 0.2) is 0 Å². The summed E-state index contributed by atoms with van der Waals surface area (Å²) in [4.78, 5) is 0. The number of aliphatic hydroxyl groups excluding tert-OH is 1. The van der Waals surface area contributed by atoms with Gasteiger partial charge in [0.2, 0.25) is 0 Å². The van der Waals surface area contributed by atoms with E-state index in [1.54, 1.807) is 0 Å². The molecule has 12 heavy (non-hydrogen) atoms. The molecule has 0 spiro atoms. The van der Waals surface area contributed by atoms with Crippen LogP contribution in [0.5, 0.6) is 0 Å². The molecule has 1 nitrogen and oxygen atoms in total. The van der Waals surface area contributed by atoms with E-state index >= 15 is 0 Å². The van der Waals surface area contributed by atoms with Gasteiger partial charge in [0.05, 0.1) is 0 Å². The van der Waals surface area contributed by atoms with Crippen molar-refractivity contribution in [3.8, 4) is 0 Å². The van der Waals surface area contributed by atoms with Crippen LogP contribution in [0.2, 0.25) is 0 Å². The molecule has 0 unspecified atom stereocenters. The minimum atomic E-state index is 0.368. The van der Waals surface area contributed by atoms with Crippen LogP contribution in [0, 0.1) is 11.8 Å². The van der Waals surface area contributed by atoms with E-state index in [4.69, 9.17) is 5.11 Å². The smallest absolute Gasteiger partial charge is 0.0456 e. The predicted octanol–water partition coefficient (Wildman–Crippen LogP) is 2.98. The van der Waals surface area contributed by atoms with Crippen molar-refractivity contribution in [3.63, 3.8) is 0 Å². The number of rotatable bonds is 4. The van der Waals surface area contributed by atoms with Gasteiger partial charge in [0, 0.05) is 6.61 Å². The maximum Gasteiger partial charge on any atom is 0.0456 e. The lowest BCUT2D eigenvalue weighted by Crippen LogP contribution is -2.09. The summed E-state index contributed by atoms with van der Waals surface area (Å²) in [6.07, 6.45) is 9.79. The zero-order valence-electron chi connectivity index (χ0n) is 8.26. The highest BCUT2D eigenvalue weighted by molar-refractivity contribution is 4.66. The first kappa shape index (κ1) is 10.0. The maximum absolute atomic E-state index is 8.86. The van der Waals surface area contributed by atoms with Crippen LogP contribution in [-0.2, 0) is 0 Å². The summed E-state index contributed by atoms with van der Waals surface area (Å²) >= 11 is 0. The van der Waals surface area contributed by atoms with E-state index < -0.39 is 0 Å². The Bertz CT molecular complexity index is 106. The average molecular weight is 170 g/mol. The second-order valence-corrected chi connectivity index (χ2v) is 4.37. The van der Waals surface area contributed by atoms with Crippen LogP contribution in [0.25, 0.3) is 0 Å². The number of hydrogen-bond donors (Lipinski definition) is 1. The largest absolute Gasteiger partial charge is 0.396 e. The normalized spacial score (nSPS) is 22.5. The van der Waals surface area contributed by atoms with Gasteiger partial charge >= 0.3 is 0 Å². The van der Waals surface area contributed by atoms with Gasteiger partial charge in [-0.15, -0.1) is 0 Å². The molecule has 0 radical (unpaired) electrons. The first-order chi connectivity index (χ1) is 5.83. The maximum atomic E-state index is 8.86. The average Bonchev–Trinajstić information content (AvgIpc) is 2.16. The van der Waals surface area contributed by atoms with Crippen LogP contribution in [0.3, 0.4) is 0 Å². The molecule has 0 aliphatic heterocycles. The minimum Gasteiger partial charge on any atom is -0.396 e. The van der Waals surface area contributed by atoms with Gasteiger partial charge in [0.1, 0.15) is 0 Å². The lowest BCUT2D eigenvalue weighted by Gasteiger charge is -2.22. The lowest BCUT2D eigenvalue weighted by molar-refractivity contribution is 0.214. The van der Waals surface area contributed by atoms with Crippen molar-refractivity contribution in [3.05, 3.63) is 0 Å². The fourth-order valence-corrected chi connectivity index (χ4v) is 2.09. The molecule has 1 rings (SSSR count). The summed E-state index contributed by atoms with van der Waals surface area (Å²) in [5.74, 6) is 1.50. The summed E-state index contributed by atoms with van der Waals surface area (Å²) in [6, 6.07) is 0. The number of aliphatic hydroxyl groups is 1. The van der Waals surface area contributed by atoms with Crippen LogP contribution in [0.1, 0.15) is 51.9 Å². The molecule has 0 amide bonds. The lowest BCUT2D eigenvalue weighted by atomic mass is 9.84. The molecule has 1 saturated carbocycles. The van der Waals surface area contributed by atoms with E-state index in [9.17, 15) is 0 Å². The molecule has 0 aromatic carbocycles. The molecule has 0 bridgehead atoms. The Hall–Kier alpha value is -0.0400. The van der Waals surface area contributed by atoms with Crippen molar-refractivity contribution >= 4 is 0 Å². The molecule has 1 heteroatoms. The summed E-state index contributed by atoms with van der Waals surface area (Å²) < 4.78 is 0.